The number of carbonyl (C=O) groups excluding carboxylic acids is 4. The molecule has 0 aromatic carbocycles. The first-order valence-electron chi connectivity index (χ1n) is 12.4. The Hall–Kier alpha value is -3.64. The van der Waals surface area contributed by atoms with Gasteiger partial charge in [0.15, 0.2) is 5.96 Å². The van der Waals surface area contributed by atoms with Crippen molar-refractivity contribution in [3.63, 3.8) is 0 Å². The molecule has 0 spiro atoms. The van der Waals surface area contributed by atoms with E-state index in [0.717, 1.165) is 0 Å². The summed E-state index contributed by atoms with van der Waals surface area (Å²) < 4.78 is 0. The molecule has 0 aromatic rings. The van der Waals surface area contributed by atoms with E-state index in [4.69, 9.17) is 27.1 Å². The van der Waals surface area contributed by atoms with Gasteiger partial charge in [-0.15, -0.1) is 0 Å². The van der Waals surface area contributed by atoms with Crippen molar-refractivity contribution in [2.24, 2.45) is 17.4 Å². The maximum Gasteiger partial charge on any atom is 0.327 e. The second-order valence-electron chi connectivity index (χ2n) is 8.95. The summed E-state index contributed by atoms with van der Waals surface area (Å²) in [6.07, 6.45) is -0.0773. The van der Waals surface area contributed by atoms with Crippen LogP contribution >= 0.6 is 12.6 Å². The zero-order chi connectivity index (χ0) is 31.0. The molecule has 0 aliphatic rings. The van der Waals surface area contributed by atoms with Crippen LogP contribution in [0.5, 0.6) is 0 Å². The lowest BCUT2D eigenvalue weighted by Gasteiger charge is -2.28. The van der Waals surface area contributed by atoms with E-state index in [1.165, 1.54) is 0 Å². The number of nitrogens with one attached hydrogen (secondary N) is 6. The van der Waals surface area contributed by atoms with Crippen LogP contribution in [0.2, 0.25) is 0 Å². The normalized spacial score (nSPS) is 15.2. The fourth-order valence-electron chi connectivity index (χ4n) is 3.23. The highest BCUT2D eigenvalue weighted by atomic mass is 32.1. The number of aliphatic hydroxyl groups excluding tert-OH is 1. The van der Waals surface area contributed by atoms with Crippen LogP contribution < -0.4 is 38.1 Å². The van der Waals surface area contributed by atoms with Gasteiger partial charge >= 0.3 is 11.9 Å². The molecule has 4 amide bonds. The number of amides is 4. The minimum atomic E-state index is -1.54. The number of carbonyl (C=O) groups is 6. The molecule has 13 N–H and O–H groups in total. The first-order valence-corrected chi connectivity index (χ1v) is 13.0. The summed E-state index contributed by atoms with van der Waals surface area (Å²) in [6.45, 7) is 2.66. The number of aliphatic hydroxyl groups is 1. The molecule has 0 radical (unpaired) electrons. The van der Waals surface area contributed by atoms with Gasteiger partial charge in [0.2, 0.25) is 23.6 Å². The molecule has 0 heterocycles. The molecule has 0 saturated heterocycles. The van der Waals surface area contributed by atoms with Gasteiger partial charge in [0.05, 0.1) is 19.1 Å². The quantitative estimate of drug-likeness (QED) is 0.0296. The predicted molar refractivity (Wildman–Crippen MR) is 145 cm³/mol. The Kier molecular flexibility index (Phi) is 16.9. The highest BCUT2D eigenvalue weighted by molar-refractivity contribution is 7.80. The van der Waals surface area contributed by atoms with Crippen molar-refractivity contribution in [1.82, 2.24) is 26.6 Å². The van der Waals surface area contributed by atoms with E-state index in [1.807, 2.05) is 0 Å². The summed E-state index contributed by atoms with van der Waals surface area (Å²) in [5, 5.41) is 46.7. The molecule has 0 bridgehead atoms. The van der Waals surface area contributed by atoms with E-state index in [-0.39, 0.29) is 31.1 Å². The first kappa shape index (κ1) is 36.4. The standard InChI is InChI=1S/C22H40N8O9S/c1-3-10(2)16(20(37)28-13(8-31)19(36)29-14(9-40)21(38)39)30-18(35)12(5-4-6-26-22(24)25)27-17(34)11(23)7-15(32)33/h10-14,16,31,40H,3-9,23H2,1-2H3,(H,27,34)(H,28,37)(H,29,36)(H,30,35)(H,32,33)(H,38,39)(H4,24,25,26)/t10-,11-,12-,13-,14-,16-/m0/s1. The Morgan fingerprint density at radius 3 is 1.93 bits per heavy atom. The predicted octanol–water partition coefficient (Wildman–Crippen LogP) is -3.96. The van der Waals surface area contributed by atoms with Crippen molar-refractivity contribution >= 4 is 54.2 Å². The van der Waals surface area contributed by atoms with Crippen molar-refractivity contribution in [3.05, 3.63) is 0 Å². The number of aliphatic carboxylic acids is 2. The van der Waals surface area contributed by atoms with Gasteiger partial charge in [-0.05, 0) is 18.8 Å². The van der Waals surface area contributed by atoms with E-state index in [1.54, 1.807) is 13.8 Å². The van der Waals surface area contributed by atoms with Crippen LogP contribution in [-0.2, 0) is 28.8 Å². The minimum absolute atomic E-state index is 0.00549. The van der Waals surface area contributed by atoms with Gasteiger partial charge in [0.1, 0.15) is 24.2 Å². The first-order chi connectivity index (χ1) is 18.7. The fourth-order valence-corrected chi connectivity index (χ4v) is 3.47. The van der Waals surface area contributed by atoms with Crippen LogP contribution in [0.4, 0.5) is 0 Å². The summed E-state index contributed by atoms with van der Waals surface area (Å²) in [6, 6.07) is -6.88. The van der Waals surface area contributed by atoms with E-state index >= 15 is 0 Å². The minimum Gasteiger partial charge on any atom is -0.481 e. The van der Waals surface area contributed by atoms with Gasteiger partial charge in [-0.2, -0.15) is 12.6 Å². The van der Waals surface area contributed by atoms with Crippen LogP contribution in [0, 0.1) is 11.3 Å². The molecule has 40 heavy (non-hydrogen) atoms. The van der Waals surface area contributed by atoms with Gasteiger partial charge in [0, 0.05) is 12.3 Å². The van der Waals surface area contributed by atoms with Crippen LogP contribution in [-0.4, -0.2) is 106 Å². The largest absolute Gasteiger partial charge is 0.481 e. The Bertz CT molecular complexity index is 923. The summed E-state index contributed by atoms with van der Waals surface area (Å²) >= 11 is 3.84. The number of hydrogen-bond acceptors (Lipinski definition) is 10. The van der Waals surface area contributed by atoms with Crippen LogP contribution in [0.15, 0.2) is 0 Å². The van der Waals surface area contributed by atoms with E-state index in [2.05, 4.69) is 39.2 Å². The third-order valence-electron chi connectivity index (χ3n) is 5.76. The average Bonchev–Trinajstić information content (AvgIpc) is 2.88. The molecule has 0 aliphatic carbocycles. The van der Waals surface area contributed by atoms with Crippen LogP contribution in [0.3, 0.4) is 0 Å². The number of guanidine groups is 1. The second kappa shape index (κ2) is 18.6. The Balaban J connectivity index is 5.73. The average molecular weight is 593 g/mol. The molecular formula is C22H40N8O9S. The van der Waals surface area contributed by atoms with Crippen molar-refractivity contribution in [3.8, 4) is 0 Å². The Morgan fingerprint density at radius 2 is 1.45 bits per heavy atom. The molecular weight excluding hydrogens is 552 g/mol. The monoisotopic (exact) mass is 592 g/mol. The Labute approximate surface area is 236 Å². The highest BCUT2D eigenvalue weighted by Crippen LogP contribution is 2.10. The number of rotatable bonds is 19. The molecule has 0 rings (SSSR count). The third kappa shape index (κ3) is 13.4. The topological polar surface area (TPSA) is 299 Å². The molecule has 17 nitrogen and oxygen atoms in total. The van der Waals surface area contributed by atoms with E-state index in [0.29, 0.717) is 6.42 Å². The molecule has 228 valence electrons. The number of carboxylic acids is 2. The number of carboxylic acid groups (broad SMARTS) is 2. The van der Waals surface area contributed by atoms with Crippen LogP contribution in [0.1, 0.15) is 39.5 Å². The maximum atomic E-state index is 13.2. The molecule has 0 fully saturated rings. The number of nitrogens with two attached hydrogens (primary N) is 2. The third-order valence-corrected chi connectivity index (χ3v) is 6.12. The lowest BCUT2D eigenvalue weighted by Crippen LogP contribution is -2.60. The van der Waals surface area contributed by atoms with E-state index < -0.39 is 84.7 Å². The molecule has 0 unspecified atom stereocenters. The van der Waals surface area contributed by atoms with Crippen molar-refractivity contribution in [2.75, 3.05) is 18.9 Å². The Morgan fingerprint density at radius 1 is 0.900 bits per heavy atom. The summed E-state index contributed by atoms with van der Waals surface area (Å²) in [7, 11) is 0. The molecule has 18 heteroatoms. The molecule has 0 aliphatic heterocycles. The lowest BCUT2D eigenvalue weighted by molar-refractivity contribution is -0.142. The number of thiol groups is 1. The van der Waals surface area contributed by atoms with Crippen molar-refractivity contribution < 1.29 is 44.1 Å². The van der Waals surface area contributed by atoms with Gasteiger partial charge in [0.25, 0.3) is 0 Å². The lowest BCUT2D eigenvalue weighted by atomic mass is 9.97. The van der Waals surface area contributed by atoms with Crippen molar-refractivity contribution in [1.29, 1.82) is 5.41 Å². The van der Waals surface area contributed by atoms with Gasteiger partial charge in [-0.3, -0.25) is 29.4 Å². The maximum absolute atomic E-state index is 13.2. The smallest absolute Gasteiger partial charge is 0.327 e. The van der Waals surface area contributed by atoms with Gasteiger partial charge in [-0.1, -0.05) is 20.3 Å². The SMILES string of the molecule is CC[C@H](C)[C@H](NC(=O)[C@H](CCCNC(=N)N)NC(=O)[C@@H](N)CC(=O)O)C(=O)N[C@@H](CO)C(=O)N[C@@H](CS)C(=O)O. The second-order valence-corrected chi connectivity index (χ2v) is 9.31. The molecule has 0 saturated carbocycles. The summed E-state index contributed by atoms with van der Waals surface area (Å²) in [4.78, 5) is 73.2. The summed E-state index contributed by atoms with van der Waals surface area (Å²) in [5.74, 6) is -7.33. The van der Waals surface area contributed by atoms with Crippen molar-refractivity contribution in [2.45, 2.75) is 69.7 Å². The zero-order valence-corrected chi connectivity index (χ0v) is 23.2. The molecule has 6 atom stereocenters. The van der Waals surface area contributed by atoms with Crippen LogP contribution in [0.25, 0.3) is 0 Å². The summed E-state index contributed by atoms with van der Waals surface area (Å²) in [5.41, 5.74) is 10.8. The van der Waals surface area contributed by atoms with Gasteiger partial charge < -0.3 is 53.4 Å². The highest BCUT2D eigenvalue weighted by Gasteiger charge is 2.33. The zero-order valence-electron chi connectivity index (χ0n) is 22.3. The van der Waals surface area contributed by atoms with Gasteiger partial charge in [-0.25, -0.2) is 4.79 Å². The van der Waals surface area contributed by atoms with E-state index in [9.17, 15) is 33.9 Å². The molecule has 0 aromatic heterocycles. The number of hydrogen-bond donors (Lipinski definition) is 12. The fraction of sp³-hybridized carbons (Fsp3) is 0.682.